The SMILES string of the molecule is COCCOCCn1cc([N+](=O)[O-])cc1C(=O)OC(C)(C)C. The number of hydrogen-bond acceptors (Lipinski definition) is 6. The van der Waals surface area contributed by atoms with Gasteiger partial charge in [0, 0.05) is 19.7 Å². The first-order valence-electron chi connectivity index (χ1n) is 6.89. The highest BCUT2D eigenvalue weighted by Crippen LogP contribution is 2.19. The van der Waals surface area contributed by atoms with Gasteiger partial charge in [-0.05, 0) is 20.8 Å². The van der Waals surface area contributed by atoms with Gasteiger partial charge in [-0.25, -0.2) is 4.79 Å². The van der Waals surface area contributed by atoms with Crippen LogP contribution >= 0.6 is 0 Å². The van der Waals surface area contributed by atoms with Crippen LogP contribution in [-0.2, 0) is 20.8 Å². The molecule has 22 heavy (non-hydrogen) atoms. The van der Waals surface area contributed by atoms with Crippen molar-refractivity contribution in [1.29, 1.82) is 0 Å². The van der Waals surface area contributed by atoms with Gasteiger partial charge in [-0.1, -0.05) is 0 Å². The molecule has 0 atom stereocenters. The number of hydrogen-bond donors (Lipinski definition) is 0. The lowest BCUT2D eigenvalue weighted by atomic mass is 10.2. The summed E-state index contributed by atoms with van der Waals surface area (Å²) in [6.45, 7) is 6.71. The molecule has 1 aromatic rings. The van der Waals surface area contributed by atoms with Gasteiger partial charge >= 0.3 is 5.97 Å². The zero-order chi connectivity index (χ0) is 16.8. The molecule has 0 unspecified atom stereocenters. The first-order valence-corrected chi connectivity index (χ1v) is 6.89. The number of esters is 1. The number of methoxy groups -OCH3 is 1. The molecule has 0 fully saturated rings. The highest BCUT2D eigenvalue weighted by molar-refractivity contribution is 5.89. The van der Waals surface area contributed by atoms with Crippen LogP contribution in [0.15, 0.2) is 12.3 Å². The minimum atomic E-state index is -0.671. The Kier molecular flexibility index (Phi) is 6.51. The van der Waals surface area contributed by atoms with Crippen molar-refractivity contribution < 1.29 is 23.9 Å². The summed E-state index contributed by atoms with van der Waals surface area (Å²) in [6, 6.07) is 1.21. The molecule has 0 aliphatic carbocycles. The molecular formula is C14H22N2O6. The number of aromatic nitrogens is 1. The molecule has 0 radical (unpaired) electrons. The molecule has 0 spiro atoms. The Hall–Kier alpha value is -1.93. The standard InChI is InChI=1S/C14H22N2O6/c1-14(2,3)22-13(17)12-9-11(16(18)19)10-15(12)5-6-21-8-7-20-4/h9-10H,5-8H2,1-4H3. The molecule has 8 nitrogen and oxygen atoms in total. The molecule has 0 aromatic carbocycles. The number of rotatable bonds is 8. The Bertz CT molecular complexity index is 518. The van der Waals surface area contributed by atoms with Crippen molar-refractivity contribution in [2.24, 2.45) is 0 Å². The van der Waals surface area contributed by atoms with Crippen LogP contribution < -0.4 is 0 Å². The largest absolute Gasteiger partial charge is 0.455 e. The van der Waals surface area contributed by atoms with Crippen molar-refractivity contribution in [2.75, 3.05) is 26.9 Å². The predicted octanol–water partition coefficient (Wildman–Crippen LogP) is 2.01. The minimum absolute atomic E-state index is 0.136. The molecule has 8 heteroatoms. The minimum Gasteiger partial charge on any atom is -0.455 e. The van der Waals surface area contributed by atoms with E-state index in [1.54, 1.807) is 27.9 Å². The van der Waals surface area contributed by atoms with Gasteiger partial charge in [0.15, 0.2) is 0 Å². The second kappa shape index (κ2) is 7.90. The Labute approximate surface area is 129 Å². The Morgan fingerprint density at radius 2 is 2.00 bits per heavy atom. The van der Waals surface area contributed by atoms with E-state index in [2.05, 4.69) is 0 Å². The van der Waals surface area contributed by atoms with Crippen LogP contribution in [0.2, 0.25) is 0 Å². The first-order chi connectivity index (χ1) is 10.2. The lowest BCUT2D eigenvalue weighted by Crippen LogP contribution is -2.25. The van der Waals surface area contributed by atoms with Crippen molar-refractivity contribution in [3.63, 3.8) is 0 Å². The molecule has 0 amide bonds. The van der Waals surface area contributed by atoms with E-state index in [4.69, 9.17) is 14.2 Å². The van der Waals surface area contributed by atoms with E-state index in [1.165, 1.54) is 16.8 Å². The van der Waals surface area contributed by atoms with Crippen LogP contribution in [0.4, 0.5) is 5.69 Å². The molecule has 0 saturated carbocycles. The van der Waals surface area contributed by atoms with Gasteiger partial charge in [0.05, 0.1) is 30.9 Å². The first kappa shape index (κ1) is 18.1. The summed E-state index contributed by atoms with van der Waals surface area (Å²) in [4.78, 5) is 22.5. The maximum Gasteiger partial charge on any atom is 0.355 e. The van der Waals surface area contributed by atoms with Gasteiger partial charge < -0.3 is 18.8 Å². The molecule has 1 aromatic heterocycles. The normalized spacial score (nSPS) is 11.5. The van der Waals surface area contributed by atoms with Crippen molar-refractivity contribution in [2.45, 2.75) is 32.9 Å². The number of carbonyl (C=O) groups excluding carboxylic acids is 1. The third-order valence-corrected chi connectivity index (χ3v) is 2.61. The highest BCUT2D eigenvalue weighted by Gasteiger charge is 2.24. The third kappa shape index (κ3) is 5.82. The van der Waals surface area contributed by atoms with Gasteiger partial charge in [-0.2, -0.15) is 0 Å². The molecule has 1 rings (SSSR count). The van der Waals surface area contributed by atoms with Crippen molar-refractivity contribution in [1.82, 2.24) is 4.57 Å². The van der Waals surface area contributed by atoms with Crippen molar-refractivity contribution >= 4 is 11.7 Å². The smallest absolute Gasteiger partial charge is 0.355 e. The number of carbonyl (C=O) groups is 1. The molecule has 0 N–H and O–H groups in total. The molecule has 0 aliphatic heterocycles. The molecule has 0 aliphatic rings. The summed E-state index contributed by atoms with van der Waals surface area (Å²) in [5.41, 5.74) is -0.689. The van der Waals surface area contributed by atoms with Gasteiger partial charge in [0.1, 0.15) is 11.3 Å². The Balaban J connectivity index is 2.80. The fourth-order valence-electron chi connectivity index (χ4n) is 1.69. The molecular weight excluding hydrogens is 292 g/mol. The van der Waals surface area contributed by atoms with E-state index in [-0.39, 0.29) is 11.4 Å². The van der Waals surface area contributed by atoms with Crippen LogP contribution in [0.3, 0.4) is 0 Å². The summed E-state index contributed by atoms with van der Waals surface area (Å²) in [7, 11) is 1.57. The van der Waals surface area contributed by atoms with Crippen LogP contribution in [0, 0.1) is 10.1 Å². The van der Waals surface area contributed by atoms with E-state index in [9.17, 15) is 14.9 Å². The lowest BCUT2D eigenvalue weighted by Gasteiger charge is -2.19. The van der Waals surface area contributed by atoms with Crippen LogP contribution in [-0.4, -0.2) is 48.0 Å². The second-order valence-corrected chi connectivity index (χ2v) is 5.64. The van der Waals surface area contributed by atoms with Crippen molar-refractivity contribution in [3.05, 3.63) is 28.1 Å². The summed E-state index contributed by atoms with van der Waals surface area (Å²) >= 11 is 0. The lowest BCUT2D eigenvalue weighted by molar-refractivity contribution is -0.384. The van der Waals surface area contributed by atoms with Gasteiger partial charge in [-0.15, -0.1) is 0 Å². The van der Waals surface area contributed by atoms with Gasteiger partial charge in [0.2, 0.25) is 0 Å². The van der Waals surface area contributed by atoms with E-state index >= 15 is 0 Å². The number of nitro groups is 1. The van der Waals surface area contributed by atoms with Crippen LogP contribution in [0.1, 0.15) is 31.3 Å². The molecule has 0 saturated heterocycles. The van der Waals surface area contributed by atoms with Crippen molar-refractivity contribution in [3.8, 4) is 0 Å². The topological polar surface area (TPSA) is 92.8 Å². The monoisotopic (exact) mass is 314 g/mol. The summed E-state index contributed by atoms with van der Waals surface area (Å²) in [5, 5.41) is 10.9. The van der Waals surface area contributed by atoms with Crippen LogP contribution in [0.5, 0.6) is 0 Å². The molecule has 0 bridgehead atoms. The fourth-order valence-corrected chi connectivity index (χ4v) is 1.69. The maximum atomic E-state index is 12.1. The molecule has 1 heterocycles. The van der Waals surface area contributed by atoms with E-state index < -0.39 is 16.5 Å². The van der Waals surface area contributed by atoms with E-state index in [1.807, 2.05) is 0 Å². The fraction of sp³-hybridized carbons (Fsp3) is 0.643. The zero-order valence-electron chi connectivity index (χ0n) is 13.3. The van der Waals surface area contributed by atoms with Gasteiger partial charge in [0.25, 0.3) is 5.69 Å². The summed E-state index contributed by atoms with van der Waals surface area (Å²) in [6.07, 6.45) is 1.30. The average molecular weight is 314 g/mol. The zero-order valence-corrected chi connectivity index (χ0v) is 13.3. The average Bonchev–Trinajstić information content (AvgIpc) is 2.81. The van der Waals surface area contributed by atoms with E-state index in [0.29, 0.717) is 26.4 Å². The predicted molar refractivity (Wildman–Crippen MR) is 78.9 cm³/mol. The van der Waals surface area contributed by atoms with Gasteiger partial charge in [-0.3, -0.25) is 10.1 Å². The third-order valence-electron chi connectivity index (χ3n) is 2.61. The van der Waals surface area contributed by atoms with E-state index in [0.717, 1.165) is 0 Å². The number of nitrogens with zero attached hydrogens (tertiary/aromatic N) is 2. The molecule has 124 valence electrons. The Morgan fingerprint density at radius 1 is 1.32 bits per heavy atom. The maximum absolute atomic E-state index is 12.1. The summed E-state index contributed by atoms with van der Waals surface area (Å²) < 4.78 is 16.9. The second-order valence-electron chi connectivity index (χ2n) is 5.64. The quantitative estimate of drug-likeness (QED) is 0.315. The summed E-state index contributed by atoms with van der Waals surface area (Å²) in [5.74, 6) is -0.600. The Morgan fingerprint density at radius 3 is 2.55 bits per heavy atom. The highest BCUT2D eigenvalue weighted by atomic mass is 16.6. The van der Waals surface area contributed by atoms with Crippen LogP contribution in [0.25, 0.3) is 0 Å². The number of ether oxygens (including phenoxy) is 3.